The van der Waals surface area contributed by atoms with Gasteiger partial charge in [0.15, 0.2) is 0 Å². The molecular formula is C12H17ClN2O3. The Balaban J connectivity index is 2.81. The van der Waals surface area contributed by atoms with Gasteiger partial charge in [-0.05, 0) is 32.4 Å². The molecule has 5 nitrogen and oxygen atoms in total. The predicted octanol–water partition coefficient (Wildman–Crippen LogP) is 2.50. The lowest BCUT2D eigenvalue weighted by Gasteiger charge is -2.29. The van der Waals surface area contributed by atoms with Crippen molar-refractivity contribution in [1.29, 1.82) is 0 Å². The molecule has 6 heteroatoms. The minimum atomic E-state index is -0.528. The van der Waals surface area contributed by atoms with E-state index in [1.54, 1.807) is 13.0 Å². The first-order valence-electron chi connectivity index (χ1n) is 5.60. The van der Waals surface area contributed by atoms with Crippen molar-refractivity contribution < 1.29 is 10.0 Å². The zero-order valence-electron chi connectivity index (χ0n) is 10.6. The van der Waals surface area contributed by atoms with E-state index in [4.69, 9.17) is 11.6 Å². The van der Waals surface area contributed by atoms with E-state index in [0.29, 0.717) is 6.54 Å². The summed E-state index contributed by atoms with van der Waals surface area (Å²) in [5.41, 5.74) is 0.180. The van der Waals surface area contributed by atoms with Gasteiger partial charge in [-0.1, -0.05) is 17.7 Å². The van der Waals surface area contributed by atoms with Gasteiger partial charge in [0.05, 0.1) is 11.0 Å². The second-order valence-electron chi connectivity index (χ2n) is 4.79. The van der Waals surface area contributed by atoms with E-state index in [9.17, 15) is 15.2 Å². The Morgan fingerprint density at radius 1 is 1.56 bits per heavy atom. The Morgan fingerprint density at radius 3 is 2.67 bits per heavy atom. The second-order valence-corrected chi connectivity index (χ2v) is 5.20. The first-order valence-corrected chi connectivity index (χ1v) is 5.98. The first-order chi connectivity index (χ1) is 8.24. The molecule has 1 aromatic rings. The summed E-state index contributed by atoms with van der Waals surface area (Å²) in [5, 5.41) is 23.6. The van der Waals surface area contributed by atoms with Crippen molar-refractivity contribution in [2.75, 3.05) is 0 Å². The average Bonchev–Trinajstić information content (AvgIpc) is 2.27. The summed E-state index contributed by atoms with van der Waals surface area (Å²) in [7, 11) is 0. The molecule has 0 amide bonds. The first kappa shape index (κ1) is 14.9. The molecule has 0 fully saturated rings. The molecule has 100 valence electrons. The third-order valence-electron chi connectivity index (χ3n) is 3.00. The molecule has 0 saturated carbocycles. The van der Waals surface area contributed by atoms with Crippen molar-refractivity contribution in [3.8, 4) is 0 Å². The Bertz CT molecular complexity index is 447. The van der Waals surface area contributed by atoms with Crippen LogP contribution in [-0.2, 0) is 6.54 Å². The highest BCUT2D eigenvalue weighted by molar-refractivity contribution is 6.32. The number of hydrogen-bond acceptors (Lipinski definition) is 4. The average molecular weight is 273 g/mol. The molecule has 1 rings (SSSR count). The molecule has 0 aliphatic heterocycles. The molecule has 2 N–H and O–H groups in total. The van der Waals surface area contributed by atoms with Crippen LogP contribution in [0.1, 0.15) is 26.3 Å². The summed E-state index contributed by atoms with van der Waals surface area (Å²) in [6, 6.07) is 4.67. The van der Waals surface area contributed by atoms with Gasteiger partial charge in [0.1, 0.15) is 5.02 Å². The molecule has 0 radical (unpaired) electrons. The number of hydrogen-bond donors (Lipinski definition) is 2. The van der Waals surface area contributed by atoms with Gasteiger partial charge >= 0.3 is 0 Å². The van der Waals surface area contributed by atoms with E-state index in [1.807, 2.05) is 13.8 Å². The summed E-state index contributed by atoms with van der Waals surface area (Å²) in [4.78, 5) is 10.2. The van der Waals surface area contributed by atoms with Crippen molar-refractivity contribution in [2.24, 2.45) is 0 Å². The molecule has 0 spiro atoms. The molecule has 1 atom stereocenters. The third-order valence-corrected chi connectivity index (χ3v) is 3.32. The topological polar surface area (TPSA) is 75.4 Å². The number of nitrogens with one attached hydrogen (secondary N) is 1. The van der Waals surface area contributed by atoms with E-state index >= 15 is 0 Å². The summed E-state index contributed by atoms with van der Waals surface area (Å²) >= 11 is 5.73. The maximum Gasteiger partial charge on any atom is 0.288 e. The summed E-state index contributed by atoms with van der Waals surface area (Å²) in [6.45, 7) is 5.84. The summed E-state index contributed by atoms with van der Waals surface area (Å²) < 4.78 is 0. The van der Waals surface area contributed by atoms with Crippen LogP contribution >= 0.6 is 11.6 Å². The maximum atomic E-state index is 10.7. The van der Waals surface area contributed by atoms with Crippen LogP contribution < -0.4 is 5.32 Å². The fraction of sp³-hybridized carbons (Fsp3) is 0.500. The van der Waals surface area contributed by atoms with Gasteiger partial charge in [-0.3, -0.25) is 10.1 Å². The van der Waals surface area contributed by atoms with Gasteiger partial charge < -0.3 is 10.4 Å². The number of nitro groups is 1. The number of aliphatic hydroxyl groups is 1. The number of halogens is 1. The van der Waals surface area contributed by atoms with Crippen LogP contribution in [0.3, 0.4) is 0 Å². The lowest BCUT2D eigenvalue weighted by molar-refractivity contribution is -0.384. The molecule has 0 aliphatic rings. The van der Waals surface area contributed by atoms with Gasteiger partial charge in [-0.25, -0.2) is 0 Å². The van der Waals surface area contributed by atoms with E-state index in [-0.39, 0.29) is 10.7 Å². The highest BCUT2D eigenvalue weighted by Crippen LogP contribution is 2.25. The van der Waals surface area contributed by atoms with Gasteiger partial charge in [0.25, 0.3) is 5.69 Å². The third kappa shape index (κ3) is 3.66. The smallest absolute Gasteiger partial charge is 0.288 e. The van der Waals surface area contributed by atoms with E-state index in [0.717, 1.165) is 5.56 Å². The van der Waals surface area contributed by atoms with Crippen molar-refractivity contribution in [3.63, 3.8) is 0 Å². The lowest BCUT2D eigenvalue weighted by Crippen LogP contribution is -2.47. The fourth-order valence-electron chi connectivity index (χ4n) is 1.29. The predicted molar refractivity (Wildman–Crippen MR) is 70.7 cm³/mol. The molecule has 0 aliphatic carbocycles. The van der Waals surface area contributed by atoms with Crippen LogP contribution in [0, 0.1) is 10.1 Å². The van der Waals surface area contributed by atoms with Crippen LogP contribution in [0.25, 0.3) is 0 Å². The maximum absolute atomic E-state index is 10.7. The summed E-state index contributed by atoms with van der Waals surface area (Å²) in [5.74, 6) is 0. The highest BCUT2D eigenvalue weighted by atomic mass is 35.5. The van der Waals surface area contributed by atoms with Gasteiger partial charge in [-0.2, -0.15) is 0 Å². The second kappa shape index (κ2) is 5.65. The monoisotopic (exact) mass is 272 g/mol. The van der Waals surface area contributed by atoms with E-state index in [1.165, 1.54) is 12.1 Å². The number of rotatable bonds is 5. The number of aliphatic hydroxyl groups excluding tert-OH is 1. The minimum Gasteiger partial charge on any atom is -0.392 e. The molecule has 0 heterocycles. The van der Waals surface area contributed by atoms with Crippen molar-refractivity contribution >= 4 is 17.3 Å². The fourth-order valence-corrected chi connectivity index (χ4v) is 1.47. The zero-order valence-corrected chi connectivity index (χ0v) is 11.4. The molecular weight excluding hydrogens is 256 g/mol. The molecule has 18 heavy (non-hydrogen) atoms. The van der Waals surface area contributed by atoms with Crippen molar-refractivity contribution in [3.05, 3.63) is 38.9 Å². The largest absolute Gasteiger partial charge is 0.392 e. The van der Waals surface area contributed by atoms with E-state index in [2.05, 4.69) is 5.32 Å². The normalized spacial score (nSPS) is 13.4. The lowest BCUT2D eigenvalue weighted by atomic mass is 9.98. The molecule has 1 unspecified atom stereocenters. The highest BCUT2D eigenvalue weighted by Gasteiger charge is 2.23. The standard InChI is InChI=1S/C12H17ClN2O3/c1-8(16)12(2,3)14-7-9-4-5-10(13)11(6-9)15(17)18/h4-6,8,14,16H,7H2,1-3H3. The molecule has 1 aromatic carbocycles. The Hall–Kier alpha value is -1.17. The van der Waals surface area contributed by atoms with Crippen molar-refractivity contribution in [2.45, 2.75) is 39.0 Å². The van der Waals surface area contributed by atoms with Crippen LogP contribution in [0.4, 0.5) is 5.69 Å². The van der Waals surface area contributed by atoms with Gasteiger partial charge in [0, 0.05) is 18.2 Å². The minimum absolute atomic E-state index is 0.106. The van der Waals surface area contributed by atoms with Gasteiger partial charge in [-0.15, -0.1) is 0 Å². The number of nitrogens with zero attached hydrogens (tertiary/aromatic N) is 1. The zero-order chi connectivity index (χ0) is 13.9. The Kier molecular flexibility index (Phi) is 4.67. The number of nitro benzene ring substituents is 1. The molecule has 0 saturated heterocycles. The quantitative estimate of drug-likeness (QED) is 0.638. The van der Waals surface area contributed by atoms with E-state index < -0.39 is 16.6 Å². The van der Waals surface area contributed by atoms with Gasteiger partial charge in [0.2, 0.25) is 0 Å². The van der Waals surface area contributed by atoms with Crippen LogP contribution in [-0.4, -0.2) is 21.7 Å². The Morgan fingerprint density at radius 2 is 2.17 bits per heavy atom. The molecule has 0 bridgehead atoms. The Labute approximate surface area is 111 Å². The van der Waals surface area contributed by atoms with Crippen molar-refractivity contribution in [1.82, 2.24) is 5.32 Å². The number of benzene rings is 1. The van der Waals surface area contributed by atoms with Crippen LogP contribution in [0.2, 0.25) is 5.02 Å². The van der Waals surface area contributed by atoms with Crippen LogP contribution in [0.15, 0.2) is 18.2 Å². The van der Waals surface area contributed by atoms with Crippen LogP contribution in [0.5, 0.6) is 0 Å². The summed E-state index contributed by atoms with van der Waals surface area (Å²) in [6.07, 6.45) is -0.528. The molecule has 0 aromatic heterocycles. The SMILES string of the molecule is CC(O)C(C)(C)NCc1ccc(Cl)c([N+](=O)[O-])c1.